The summed E-state index contributed by atoms with van der Waals surface area (Å²) in [5.74, 6) is 0.978. The fourth-order valence-electron chi connectivity index (χ4n) is 5.00. The van der Waals surface area contributed by atoms with Crippen molar-refractivity contribution in [1.29, 1.82) is 0 Å². The lowest BCUT2D eigenvalue weighted by Crippen LogP contribution is -2.52. The van der Waals surface area contributed by atoms with E-state index in [1.807, 2.05) is 0 Å². The topological polar surface area (TPSA) is 70.5 Å². The smallest absolute Gasteiger partial charge is 0.476 e. The first-order valence-corrected chi connectivity index (χ1v) is 15.4. The molecule has 0 bridgehead atoms. The summed E-state index contributed by atoms with van der Waals surface area (Å²) >= 11 is 1.23. The molecule has 2 atom stereocenters. The molecule has 1 aromatic heterocycles. The van der Waals surface area contributed by atoms with E-state index in [1.165, 1.54) is 82.4 Å². The van der Waals surface area contributed by atoms with Gasteiger partial charge in [0, 0.05) is 0 Å². The quantitative estimate of drug-likeness (QED) is 0.0978. The normalized spacial score (nSPS) is 19.8. The summed E-state index contributed by atoms with van der Waals surface area (Å²) in [6.07, 6.45) is 18.9. The van der Waals surface area contributed by atoms with E-state index in [4.69, 9.17) is 14.2 Å². The van der Waals surface area contributed by atoms with Gasteiger partial charge in [-0.25, -0.2) is 4.79 Å². The molecule has 0 aliphatic carbocycles. The van der Waals surface area contributed by atoms with Crippen LogP contribution in [0.4, 0.5) is 4.79 Å². The van der Waals surface area contributed by atoms with E-state index in [2.05, 4.69) is 29.6 Å². The van der Waals surface area contributed by atoms with Gasteiger partial charge in [-0.15, -0.1) is 4.37 Å². The molecule has 1 aromatic rings. The second kappa shape index (κ2) is 18.8. The number of quaternary nitrogens is 1. The van der Waals surface area contributed by atoms with E-state index in [0.29, 0.717) is 30.3 Å². The number of aromatic nitrogens is 2. The number of hydrogen-bond acceptors (Lipinski definition) is 7. The number of ether oxygens (including phenoxy) is 3. The first kappa shape index (κ1) is 30.8. The van der Waals surface area contributed by atoms with Crippen molar-refractivity contribution >= 4 is 17.9 Å². The Kier molecular flexibility index (Phi) is 16.1. The van der Waals surface area contributed by atoms with Crippen molar-refractivity contribution in [3.63, 3.8) is 0 Å². The Labute approximate surface area is 224 Å². The SMILES string of the molecule is CCCCCCCCCCCCOC(=O)OC[N+]1(C)CCCC(c2nsnc2OCCCCCC)C1. The van der Waals surface area contributed by atoms with E-state index >= 15 is 0 Å². The predicted octanol–water partition coefficient (Wildman–Crippen LogP) is 7.85. The van der Waals surface area contributed by atoms with Crippen LogP contribution in [0.25, 0.3) is 0 Å². The standard InChI is InChI=1S/C28H52N3O4S/c1-4-6-8-10-11-12-13-14-15-17-22-34-28(32)35-24-31(3)20-18-19-25(23-31)26-27(30-36-29-26)33-21-16-9-7-5-2/h25H,4-24H2,1-3H3/q+1. The Morgan fingerprint density at radius 3 is 2.17 bits per heavy atom. The molecule has 1 fully saturated rings. The van der Waals surface area contributed by atoms with Crippen molar-refractivity contribution in [1.82, 2.24) is 8.75 Å². The maximum atomic E-state index is 12.2. The number of carbonyl (C=O) groups excluding carboxylic acids is 1. The number of nitrogens with zero attached hydrogens (tertiary/aromatic N) is 3. The number of unbranched alkanes of at least 4 members (excludes halogenated alkanes) is 12. The van der Waals surface area contributed by atoms with E-state index in [1.54, 1.807) is 0 Å². The van der Waals surface area contributed by atoms with E-state index in [0.717, 1.165) is 50.9 Å². The van der Waals surface area contributed by atoms with Gasteiger partial charge < -0.3 is 14.2 Å². The Bertz CT molecular complexity index is 702. The molecule has 208 valence electrons. The molecule has 0 radical (unpaired) electrons. The summed E-state index contributed by atoms with van der Waals surface area (Å²) in [5.41, 5.74) is 0.975. The van der Waals surface area contributed by atoms with E-state index < -0.39 is 6.16 Å². The van der Waals surface area contributed by atoms with Gasteiger partial charge in [-0.2, -0.15) is 4.37 Å². The molecule has 36 heavy (non-hydrogen) atoms. The molecule has 2 rings (SSSR count). The van der Waals surface area contributed by atoms with Gasteiger partial charge in [-0.1, -0.05) is 90.9 Å². The maximum Gasteiger partial charge on any atom is 0.512 e. The first-order valence-electron chi connectivity index (χ1n) is 14.7. The molecule has 0 spiro atoms. The molecule has 0 N–H and O–H groups in total. The van der Waals surface area contributed by atoms with Crippen LogP contribution in [0.1, 0.15) is 128 Å². The van der Waals surface area contributed by atoms with Crippen LogP contribution < -0.4 is 4.74 Å². The predicted molar refractivity (Wildman–Crippen MR) is 147 cm³/mol. The third-order valence-electron chi connectivity index (χ3n) is 7.23. The summed E-state index contributed by atoms with van der Waals surface area (Å²) in [7, 11) is 2.15. The zero-order chi connectivity index (χ0) is 25.9. The van der Waals surface area contributed by atoms with Crippen molar-refractivity contribution in [3.05, 3.63) is 5.69 Å². The fraction of sp³-hybridized carbons (Fsp3) is 0.893. The van der Waals surface area contributed by atoms with Crippen LogP contribution in [-0.2, 0) is 9.47 Å². The molecule has 1 aliphatic rings. The van der Waals surface area contributed by atoms with Gasteiger partial charge in [0.15, 0.2) is 0 Å². The van der Waals surface area contributed by atoms with Crippen LogP contribution in [0.2, 0.25) is 0 Å². The monoisotopic (exact) mass is 526 g/mol. The third kappa shape index (κ3) is 12.7. The van der Waals surface area contributed by atoms with Gasteiger partial charge in [0.05, 0.1) is 51.0 Å². The molecule has 0 saturated carbocycles. The highest BCUT2D eigenvalue weighted by molar-refractivity contribution is 6.99. The molecular weight excluding hydrogens is 474 g/mol. The number of piperidine rings is 1. The molecule has 0 amide bonds. The number of hydrogen-bond donors (Lipinski definition) is 0. The molecule has 1 aliphatic heterocycles. The molecule has 8 heteroatoms. The van der Waals surface area contributed by atoms with Crippen molar-refractivity contribution in [2.75, 3.05) is 40.1 Å². The summed E-state index contributed by atoms with van der Waals surface area (Å²) in [6, 6.07) is 0. The van der Waals surface area contributed by atoms with Gasteiger partial charge in [0.25, 0.3) is 0 Å². The Morgan fingerprint density at radius 2 is 1.47 bits per heavy atom. The minimum Gasteiger partial charge on any atom is -0.476 e. The molecule has 0 aromatic carbocycles. The number of likely N-dealkylation sites (N-methyl/N-ethyl adjacent to an activating group) is 1. The van der Waals surface area contributed by atoms with Crippen LogP contribution in [0, 0.1) is 0 Å². The highest BCUT2D eigenvalue weighted by atomic mass is 32.1. The van der Waals surface area contributed by atoms with Gasteiger partial charge in [0.1, 0.15) is 5.69 Å². The molecule has 2 unspecified atom stereocenters. The van der Waals surface area contributed by atoms with Gasteiger partial charge in [0.2, 0.25) is 12.6 Å². The van der Waals surface area contributed by atoms with E-state index in [9.17, 15) is 4.79 Å². The minimum atomic E-state index is -0.543. The first-order chi connectivity index (χ1) is 17.6. The second-order valence-electron chi connectivity index (χ2n) is 10.8. The maximum absolute atomic E-state index is 12.2. The highest BCUT2D eigenvalue weighted by Gasteiger charge is 2.36. The van der Waals surface area contributed by atoms with Gasteiger partial charge >= 0.3 is 6.16 Å². The van der Waals surface area contributed by atoms with Crippen molar-refractivity contribution in [3.8, 4) is 5.88 Å². The molecular formula is C28H52N3O4S+. The van der Waals surface area contributed by atoms with Crippen molar-refractivity contribution in [2.24, 2.45) is 0 Å². The lowest BCUT2D eigenvalue weighted by Gasteiger charge is -2.39. The van der Waals surface area contributed by atoms with Gasteiger partial charge in [-0.3, -0.25) is 4.48 Å². The van der Waals surface area contributed by atoms with Crippen LogP contribution >= 0.6 is 11.7 Å². The van der Waals surface area contributed by atoms with Crippen molar-refractivity contribution in [2.45, 2.75) is 122 Å². The number of likely N-dealkylation sites (tertiary alicyclic amines) is 1. The lowest BCUT2D eigenvalue weighted by molar-refractivity contribution is -0.931. The van der Waals surface area contributed by atoms with E-state index in [-0.39, 0.29) is 5.92 Å². The largest absolute Gasteiger partial charge is 0.512 e. The lowest BCUT2D eigenvalue weighted by atomic mass is 9.94. The average molecular weight is 527 g/mol. The van der Waals surface area contributed by atoms with Crippen LogP contribution in [0.15, 0.2) is 0 Å². The summed E-state index contributed by atoms with van der Waals surface area (Å²) in [4.78, 5) is 12.2. The Hall–Kier alpha value is -1.41. The van der Waals surface area contributed by atoms with Crippen LogP contribution in [-0.4, -0.2) is 59.5 Å². The zero-order valence-corrected chi connectivity index (χ0v) is 24.1. The highest BCUT2D eigenvalue weighted by Crippen LogP contribution is 2.34. The van der Waals surface area contributed by atoms with Crippen LogP contribution in [0.3, 0.4) is 0 Å². The fourth-order valence-corrected chi connectivity index (χ4v) is 5.58. The summed E-state index contributed by atoms with van der Waals surface area (Å²) in [5, 5.41) is 0. The summed E-state index contributed by atoms with van der Waals surface area (Å²) < 4.78 is 26.5. The Morgan fingerprint density at radius 1 is 0.861 bits per heavy atom. The number of rotatable bonds is 20. The zero-order valence-electron chi connectivity index (χ0n) is 23.3. The number of carbonyl (C=O) groups is 1. The second-order valence-corrected chi connectivity index (χ2v) is 11.3. The average Bonchev–Trinajstić information content (AvgIpc) is 3.35. The third-order valence-corrected chi connectivity index (χ3v) is 7.75. The molecule has 2 heterocycles. The Balaban J connectivity index is 1.60. The molecule has 7 nitrogen and oxygen atoms in total. The van der Waals surface area contributed by atoms with Crippen molar-refractivity contribution < 1.29 is 23.5 Å². The van der Waals surface area contributed by atoms with Crippen LogP contribution in [0.5, 0.6) is 5.88 Å². The minimum absolute atomic E-state index is 0.277. The van der Waals surface area contributed by atoms with Gasteiger partial charge in [-0.05, 0) is 25.7 Å². The molecule has 1 saturated heterocycles. The summed E-state index contributed by atoms with van der Waals surface area (Å²) in [6.45, 7) is 7.79.